The van der Waals surface area contributed by atoms with Gasteiger partial charge in [0.05, 0.1) is 27.4 Å². The fourth-order valence-electron chi connectivity index (χ4n) is 2.17. The summed E-state index contributed by atoms with van der Waals surface area (Å²) in [7, 11) is 2.10. The molecule has 2 heterocycles. The van der Waals surface area contributed by atoms with Gasteiger partial charge in [0, 0.05) is 0 Å². The zero-order valence-corrected chi connectivity index (χ0v) is 11.8. The van der Waals surface area contributed by atoms with Crippen LogP contribution in [0.15, 0.2) is 0 Å². The first-order valence-corrected chi connectivity index (χ1v) is 6.29. The third-order valence-corrected chi connectivity index (χ3v) is 3.18. The molecule has 2 aliphatic rings. The summed E-state index contributed by atoms with van der Waals surface area (Å²) in [5.41, 5.74) is 0. The van der Waals surface area contributed by atoms with Crippen LogP contribution in [0.4, 0.5) is 0 Å². The molecule has 0 saturated carbocycles. The van der Waals surface area contributed by atoms with Gasteiger partial charge in [-0.2, -0.15) is 0 Å². The van der Waals surface area contributed by atoms with Crippen molar-refractivity contribution >= 4 is 23.9 Å². The summed E-state index contributed by atoms with van der Waals surface area (Å²) in [5.74, 6) is -4.63. The van der Waals surface area contributed by atoms with Crippen LogP contribution in [0, 0.1) is 0 Å². The van der Waals surface area contributed by atoms with Crippen molar-refractivity contribution in [3.8, 4) is 0 Å². The number of hydrogen-bond donors (Lipinski definition) is 0. The van der Waals surface area contributed by atoms with Crippen molar-refractivity contribution in [2.75, 3.05) is 27.4 Å². The largest absolute Gasteiger partial charge is 0.461 e. The fourth-order valence-corrected chi connectivity index (χ4v) is 2.17. The van der Waals surface area contributed by atoms with Crippen molar-refractivity contribution < 1.29 is 47.6 Å². The lowest BCUT2D eigenvalue weighted by atomic mass is 10.1. The highest BCUT2D eigenvalue weighted by Crippen LogP contribution is 2.30. The average Bonchev–Trinajstić information content (AvgIpc) is 3.09. The maximum absolute atomic E-state index is 11.4. The Labute approximate surface area is 124 Å². The molecule has 10 heteroatoms. The molecule has 122 valence electrons. The van der Waals surface area contributed by atoms with E-state index in [1.807, 2.05) is 0 Å². The zero-order valence-electron chi connectivity index (χ0n) is 11.8. The number of rotatable bonds is 2. The molecule has 0 aromatic carbocycles. The predicted octanol–water partition coefficient (Wildman–Crippen LogP) is -2.05. The highest BCUT2D eigenvalue weighted by atomic mass is 16.7. The molecule has 10 nitrogen and oxygen atoms in total. The minimum atomic E-state index is -1.17. The average molecular weight is 318 g/mol. The Morgan fingerprint density at radius 2 is 1.09 bits per heavy atom. The van der Waals surface area contributed by atoms with Gasteiger partial charge in [-0.3, -0.25) is 0 Å². The monoisotopic (exact) mass is 318 g/mol. The van der Waals surface area contributed by atoms with E-state index < -0.39 is 48.3 Å². The second-order valence-electron chi connectivity index (χ2n) is 4.47. The third-order valence-electron chi connectivity index (χ3n) is 3.18. The number of carbonyl (C=O) groups is 4. The summed E-state index contributed by atoms with van der Waals surface area (Å²) in [6.07, 6.45) is -3.08. The summed E-state index contributed by atoms with van der Waals surface area (Å²) in [4.78, 5) is 44.7. The molecular weight excluding hydrogens is 304 g/mol. The number of ether oxygens (including phenoxy) is 6. The molecule has 2 aliphatic heterocycles. The van der Waals surface area contributed by atoms with Crippen LogP contribution in [-0.4, -0.2) is 75.7 Å². The summed E-state index contributed by atoms with van der Waals surface area (Å²) in [6.45, 7) is -0.0747. The molecule has 0 aliphatic carbocycles. The molecular formula is C12H14O10. The molecule has 0 N–H and O–H groups in total. The van der Waals surface area contributed by atoms with E-state index in [-0.39, 0.29) is 13.2 Å². The van der Waals surface area contributed by atoms with E-state index in [0.717, 1.165) is 14.2 Å². The lowest BCUT2D eigenvalue weighted by Crippen LogP contribution is -2.38. The quantitative estimate of drug-likeness (QED) is 0.319. The van der Waals surface area contributed by atoms with Gasteiger partial charge in [-0.1, -0.05) is 0 Å². The van der Waals surface area contributed by atoms with E-state index in [0.29, 0.717) is 0 Å². The van der Waals surface area contributed by atoms with Gasteiger partial charge in [0.15, 0.2) is 12.2 Å². The van der Waals surface area contributed by atoms with E-state index in [2.05, 4.69) is 9.47 Å². The van der Waals surface area contributed by atoms with Gasteiger partial charge in [-0.05, 0) is 0 Å². The first-order chi connectivity index (χ1) is 10.5. The summed E-state index contributed by atoms with van der Waals surface area (Å²) >= 11 is 0. The normalized spacial score (nSPS) is 29.4. The maximum atomic E-state index is 11.4. The van der Waals surface area contributed by atoms with Crippen molar-refractivity contribution in [3.05, 3.63) is 0 Å². The maximum Gasteiger partial charge on any atom is 0.417 e. The van der Waals surface area contributed by atoms with E-state index in [4.69, 9.17) is 18.9 Å². The highest BCUT2D eigenvalue weighted by Gasteiger charge is 2.52. The molecule has 22 heavy (non-hydrogen) atoms. The fraction of sp³-hybridized carbons (Fsp3) is 0.667. The summed E-state index contributed by atoms with van der Waals surface area (Å²) in [5, 5.41) is 0. The van der Waals surface area contributed by atoms with Crippen molar-refractivity contribution in [1.29, 1.82) is 0 Å². The number of carbonyl (C=O) groups excluding carboxylic acids is 4. The standard InChI is InChI=1S/C12H14O10/c1-17-9(13)11(15)21-5-3-19-8-6(4-20-7(5)8)22-12(16)10(14)18-2/h5-8H,3-4H2,1-2H3/t5-,6-,7?,8?/m1/s1. The lowest BCUT2D eigenvalue weighted by molar-refractivity contribution is -0.173. The summed E-state index contributed by atoms with van der Waals surface area (Å²) < 4.78 is 29.0. The molecule has 2 saturated heterocycles. The van der Waals surface area contributed by atoms with E-state index >= 15 is 0 Å². The Morgan fingerprint density at radius 1 is 0.727 bits per heavy atom. The number of fused-ring (bicyclic) bond motifs is 1. The van der Waals surface area contributed by atoms with Crippen LogP contribution in [0.1, 0.15) is 0 Å². The molecule has 0 bridgehead atoms. The molecule has 4 atom stereocenters. The van der Waals surface area contributed by atoms with Crippen LogP contribution in [-0.2, 0) is 47.6 Å². The smallest absolute Gasteiger partial charge is 0.417 e. The molecule has 0 aromatic rings. The minimum absolute atomic E-state index is 0.0374. The SMILES string of the molecule is COC(=O)C(=O)O[C@@H]1COC2C1OC[C@H]2OC(=O)C(=O)OC. The summed E-state index contributed by atoms with van der Waals surface area (Å²) in [6, 6.07) is 0. The Kier molecular flexibility index (Phi) is 4.93. The van der Waals surface area contributed by atoms with Crippen molar-refractivity contribution in [1.82, 2.24) is 0 Å². The Hall–Kier alpha value is -2.20. The van der Waals surface area contributed by atoms with Gasteiger partial charge in [0.25, 0.3) is 0 Å². The Balaban J connectivity index is 1.91. The van der Waals surface area contributed by atoms with Crippen LogP contribution >= 0.6 is 0 Å². The van der Waals surface area contributed by atoms with Crippen molar-refractivity contribution in [2.45, 2.75) is 24.4 Å². The van der Waals surface area contributed by atoms with Gasteiger partial charge in [0.2, 0.25) is 0 Å². The van der Waals surface area contributed by atoms with Gasteiger partial charge < -0.3 is 28.4 Å². The van der Waals surface area contributed by atoms with Crippen LogP contribution in [0.5, 0.6) is 0 Å². The molecule has 2 rings (SSSR count). The Bertz CT molecular complexity index is 442. The highest BCUT2D eigenvalue weighted by molar-refractivity contribution is 6.30. The number of esters is 4. The van der Waals surface area contributed by atoms with Crippen molar-refractivity contribution in [3.63, 3.8) is 0 Å². The van der Waals surface area contributed by atoms with Gasteiger partial charge in [-0.25, -0.2) is 19.2 Å². The van der Waals surface area contributed by atoms with Crippen molar-refractivity contribution in [2.24, 2.45) is 0 Å². The van der Waals surface area contributed by atoms with Gasteiger partial charge >= 0.3 is 23.9 Å². The van der Waals surface area contributed by atoms with Crippen LogP contribution in [0.3, 0.4) is 0 Å². The molecule has 2 fully saturated rings. The van der Waals surface area contributed by atoms with E-state index in [1.165, 1.54) is 0 Å². The molecule has 0 aromatic heterocycles. The second-order valence-corrected chi connectivity index (χ2v) is 4.47. The van der Waals surface area contributed by atoms with Crippen LogP contribution in [0.2, 0.25) is 0 Å². The lowest BCUT2D eigenvalue weighted by Gasteiger charge is -2.16. The molecule has 0 radical (unpaired) electrons. The van der Waals surface area contributed by atoms with E-state index in [9.17, 15) is 19.2 Å². The number of hydrogen-bond acceptors (Lipinski definition) is 10. The molecule has 0 amide bonds. The topological polar surface area (TPSA) is 124 Å². The zero-order chi connectivity index (χ0) is 16.3. The first-order valence-electron chi connectivity index (χ1n) is 6.29. The number of methoxy groups -OCH3 is 2. The predicted molar refractivity (Wildman–Crippen MR) is 63.3 cm³/mol. The Morgan fingerprint density at radius 3 is 1.41 bits per heavy atom. The van der Waals surface area contributed by atoms with Crippen LogP contribution < -0.4 is 0 Å². The van der Waals surface area contributed by atoms with E-state index in [1.54, 1.807) is 0 Å². The van der Waals surface area contributed by atoms with Gasteiger partial charge in [-0.15, -0.1) is 0 Å². The van der Waals surface area contributed by atoms with Crippen LogP contribution in [0.25, 0.3) is 0 Å². The first kappa shape index (κ1) is 16.2. The second kappa shape index (κ2) is 6.71. The third kappa shape index (κ3) is 3.17. The minimum Gasteiger partial charge on any atom is -0.461 e. The molecule has 0 spiro atoms. The molecule has 2 unspecified atom stereocenters. The van der Waals surface area contributed by atoms with Gasteiger partial charge in [0.1, 0.15) is 12.2 Å².